The number of hydrogen-bond donors (Lipinski definition) is 1. The van der Waals surface area contributed by atoms with Crippen molar-refractivity contribution in [3.8, 4) is 22.6 Å². The number of carbonyl (C=O) groups is 1. The summed E-state index contributed by atoms with van der Waals surface area (Å²) >= 11 is 0. The molecule has 1 aromatic heterocycles. The van der Waals surface area contributed by atoms with Crippen LogP contribution in [0.5, 0.6) is 5.75 Å². The van der Waals surface area contributed by atoms with Gasteiger partial charge in [0.05, 0.1) is 34.0 Å². The van der Waals surface area contributed by atoms with Crippen molar-refractivity contribution in [2.45, 2.75) is 57.6 Å². The summed E-state index contributed by atoms with van der Waals surface area (Å²) in [6.45, 7) is 13.5. The molecule has 0 saturated heterocycles. The Labute approximate surface area is 262 Å². The first-order valence-corrected chi connectivity index (χ1v) is 16.4. The number of aliphatic imine (C=N–C) groups is 1. The second-order valence-corrected chi connectivity index (χ2v) is 14.1. The molecule has 5 rings (SSSR count). The maximum atomic E-state index is 13.5. The van der Waals surface area contributed by atoms with Crippen LogP contribution in [0.1, 0.15) is 56.9 Å². The van der Waals surface area contributed by atoms with Gasteiger partial charge >= 0.3 is 5.97 Å². The molecule has 0 bridgehead atoms. The van der Waals surface area contributed by atoms with Crippen LogP contribution < -0.4 is 10.3 Å². The van der Waals surface area contributed by atoms with Gasteiger partial charge in [0.2, 0.25) is 0 Å². The van der Waals surface area contributed by atoms with Crippen molar-refractivity contribution in [3.05, 3.63) is 87.7 Å². The van der Waals surface area contributed by atoms with Crippen molar-refractivity contribution < 1.29 is 27.8 Å². The van der Waals surface area contributed by atoms with E-state index >= 15 is 0 Å². The van der Waals surface area contributed by atoms with Crippen LogP contribution in [0, 0.1) is 6.92 Å². The first-order valence-electron chi connectivity index (χ1n) is 14.5. The smallest absolute Gasteiger partial charge is 0.337 e. The predicted octanol–water partition coefficient (Wildman–Crippen LogP) is 6.83. The van der Waals surface area contributed by atoms with Gasteiger partial charge in [0, 0.05) is 40.8 Å². The van der Waals surface area contributed by atoms with Crippen LogP contribution in [-0.2, 0) is 19.4 Å². The Morgan fingerprint density at radius 3 is 2.49 bits per heavy atom. The minimum atomic E-state index is -3.56. The molecule has 0 spiro atoms. The second-order valence-electron chi connectivity index (χ2n) is 12.0. The molecule has 9 nitrogen and oxygen atoms in total. The van der Waals surface area contributed by atoms with Crippen molar-refractivity contribution in [2.75, 3.05) is 12.9 Å². The number of aryl methyl sites for hydroxylation is 1. The number of hydrogen-bond acceptors (Lipinski definition) is 7. The summed E-state index contributed by atoms with van der Waals surface area (Å²) in [6, 6.07) is 14.6. The Bertz CT molecular complexity index is 2070. The molecule has 45 heavy (non-hydrogen) atoms. The fourth-order valence-electron chi connectivity index (χ4n) is 5.92. The van der Waals surface area contributed by atoms with E-state index in [9.17, 15) is 23.1 Å². The number of nitrogens with zero attached hydrogens (tertiary/aromatic N) is 2. The molecule has 0 fully saturated rings. The van der Waals surface area contributed by atoms with E-state index in [0.29, 0.717) is 63.3 Å². The molecule has 0 amide bonds. The molecule has 2 heterocycles. The van der Waals surface area contributed by atoms with Gasteiger partial charge in [-0.3, -0.25) is 14.4 Å². The second kappa shape index (κ2) is 11.8. The molecular weight excluding hydrogens is 592 g/mol. The zero-order chi connectivity index (χ0) is 32.8. The van der Waals surface area contributed by atoms with E-state index in [0.717, 1.165) is 17.4 Å². The highest BCUT2D eigenvalue weighted by atomic mass is 32.2. The van der Waals surface area contributed by atoms with E-state index in [2.05, 4.69) is 11.7 Å². The van der Waals surface area contributed by atoms with Crippen molar-refractivity contribution in [1.82, 2.24) is 4.57 Å². The number of pyridine rings is 1. The molecule has 0 radical (unpaired) electrons. The fraction of sp³-hybridized carbons (Fsp3) is 0.286. The molecule has 4 aromatic rings. The molecule has 1 aliphatic rings. The maximum absolute atomic E-state index is 13.5. The number of aliphatic carboxylic acids is 1. The van der Waals surface area contributed by atoms with E-state index in [1.807, 2.05) is 25.1 Å². The van der Waals surface area contributed by atoms with Crippen LogP contribution in [0.3, 0.4) is 0 Å². The van der Waals surface area contributed by atoms with Crippen molar-refractivity contribution in [3.63, 3.8) is 0 Å². The van der Waals surface area contributed by atoms with E-state index in [1.165, 1.54) is 22.8 Å². The number of carboxylic acid groups (broad SMARTS) is 1. The average Bonchev–Trinajstić information content (AvgIpc) is 2.97. The molecular formula is C35H36N2O7S. The van der Waals surface area contributed by atoms with Crippen LogP contribution in [0.15, 0.2) is 75.4 Å². The molecule has 10 heteroatoms. The van der Waals surface area contributed by atoms with Gasteiger partial charge in [0.15, 0.2) is 15.9 Å². The number of carboxylic acids is 1. The highest BCUT2D eigenvalue weighted by molar-refractivity contribution is 7.90. The van der Waals surface area contributed by atoms with Gasteiger partial charge in [-0.15, -0.1) is 0 Å². The van der Waals surface area contributed by atoms with Gasteiger partial charge in [-0.25, -0.2) is 13.2 Å². The molecule has 3 aromatic carbocycles. The summed E-state index contributed by atoms with van der Waals surface area (Å²) in [5.74, 6) is -0.527. The van der Waals surface area contributed by atoms with Crippen LogP contribution >= 0.6 is 0 Å². The lowest BCUT2D eigenvalue weighted by Gasteiger charge is -2.30. The third-order valence-electron chi connectivity index (χ3n) is 7.77. The monoisotopic (exact) mass is 628 g/mol. The van der Waals surface area contributed by atoms with Gasteiger partial charge in [-0.1, -0.05) is 12.1 Å². The Kier molecular flexibility index (Phi) is 8.33. The lowest BCUT2D eigenvalue weighted by Crippen LogP contribution is -2.28. The largest absolute Gasteiger partial charge is 0.493 e. The Hall–Kier alpha value is -4.54. The van der Waals surface area contributed by atoms with Crippen LogP contribution in [0.4, 0.5) is 5.69 Å². The molecule has 1 atom stereocenters. The minimum absolute atomic E-state index is 0.0636. The van der Waals surface area contributed by atoms with Crippen molar-refractivity contribution >= 4 is 44.7 Å². The van der Waals surface area contributed by atoms with Crippen molar-refractivity contribution in [2.24, 2.45) is 4.99 Å². The highest BCUT2D eigenvalue weighted by Crippen LogP contribution is 2.49. The van der Waals surface area contributed by atoms with Gasteiger partial charge in [0.1, 0.15) is 5.75 Å². The molecule has 234 valence electrons. The Morgan fingerprint density at radius 1 is 1.13 bits per heavy atom. The van der Waals surface area contributed by atoms with E-state index in [-0.39, 0.29) is 10.5 Å². The molecule has 1 unspecified atom stereocenters. The van der Waals surface area contributed by atoms with Gasteiger partial charge in [-0.05, 0) is 101 Å². The maximum Gasteiger partial charge on any atom is 0.337 e. The van der Waals surface area contributed by atoms with Crippen LogP contribution in [0.25, 0.3) is 33.3 Å². The van der Waals surface area contributed by atoms with Crippen molar-refractivity contribution in [1.29, 1.82) is 0 Å². The fourth-order valence-corrected chi connectivity index (χ4v) is 6.58. The topological polar surface area (TPSA) is 124 Å². The van der Waals surface area contributed by atoms with Crippen LogP contribution in [0.2, 0.25) is 0 Å². The Balaban J connectivity index is 1.98. The van der Waals surface area contributed by atoms with Gasteiger partial charge in [-0.2, -0.15) is 0 Å². The summed E-state index contributed by atoms with van der Waals surface area (Å²) in [5, 5.41) is 11.1. The predicted molar refractivity (Wildman–Crippen MR) is 177 cm³/mol. The molecule has 1 aliphatic heterocycles. The number of allylic oxidation sites excluding steroid dienone is 1. The first-order chi connectivity index (χ1) is 21.2. The number of fused-ring (bicyclic) bond motifs is 2. The third kappa shape index (κ3) is 5.95. The van der Waals surface area contributed by atoms with E-state index in [4.69, 9.17) is 9.47 Å². The zero-order valence-corrected chi connectivity index (χ0v) is 27.0. The third-order valence-corrected chi connectivity index (χ3v) is 8.88. The number of sulfone groups is 1. The number of benzene rings is 3. The zero-order valence-electron chi connectivity index (χ0n) is 26.2. The van der Waals surface area contributed by atoms with Gasteiger partial charge in [0.25, 0.3) is 5.56 Å². The normalized spacial score (nSPS) is 15.0. The SMILES string of the molecule is C=Nc1c(-c2c(C(OC(C)(C)C)C(=O)O)c(C)cc3c2ccc(=O)n3-c2cccc(S(C)(=O)=O)c2)ccc2c1C(=CC)CCO2. The number of ether oxygens (including phenoxy) is 2. The molecule has 0 saturated carbocycles. The average molecular weight is 629 g/mol. The standard InChI is InChI=1S/C35H36N2O7S/c1-8-21-16-17-43-27-14-12-25(32(36-6)30(21)27)31-24-13-15-28(38)37(22-10-9-11-23(19-22)45(7,41)42)26(24)18-20(2)29(31)33(34(39)40)44-35(3,4)5/h8-15,18-19,33H,6,16-17H2,1-5,7H3,(H,39,40). The first kappa shape index (κ1) is 31.9. The lowest BCUT2D eigenvalue weighted by molar-refractivity contribution is -0.160. The summed E-state index contributed by atoms with van der Waals surface area (Å²) in [4.78, 5) is 30.9. The van der Waals surface area contributed by atoms with E-state index < -0.39 is 27.5 Å². The van der Waals surface area contributed by atoms with Gasteiger partial charge < -0.3 is 14.6 Å². The summed E-state index contributed by atoms with van der Waals surface area (Å²) in [5.41, 5.74) is 4.00. The number of aromatic nitrogens is 1. The van der Waals surface area contributed by atoms with E-state index in [1.54, 1.807) is 52.0 Å². The summed E-state index contributed by atoms with van der Waals surface area (Å²) in [7, 11) is -3.56. The Morgan fingerprint density at radius 2 is 1.87 bits per heavy atom. The minimum Gasteiger partial charge on any atom is -0.493 e. The highest BCUT2D eigenvalue weighted by Gasteiger charge is 2.34. The quantitative estimate of drug-likeness (QED) is 0.223. The molecule has 0 aliphatic carbocycles. The molecule has 1 N–H and O–H groups in total. The lowest BCUT2D eigenvalue weighted by atomic mass is 9.85. The van der Waals surface area contributed by atoms with Crippen LogP contribution in [-0.4, -0.2) is 49.2 Å². The summed E-state index contributed by atoms with van der Waals surface area (Å²) in [6.07, 6.45) is 2.41. The number of rotatable bonds is 7. The summed E-state index contributed by atoms with van der Waals surface area (Å²) < 4.78 is 38.4.